The molecule has 0 fully saturated rings. The molecule has 1 heterocycles. The van der Waals surface area contributed by atoms with Crippen molar-refractivity contribution in [2.75, 3.05) is 13.3 Å². The Morgan fingerprint density at radius 1 is 1.64 bits per heavy atom. The fourth-order valence-corrected chi connectivity index (χ4v) is 1.76. The van der Waals surface area contributed by atoms with Crippen molar-refractivity contribution in [3.8, 4) is 5.06 Å². The summed E-state index contributed by atoms with van der Waals surface area (Å²) in [6.07, 6.45) is 1.89. The van der Waals surface area contributed by atoms with Gasteiger partial charge in [0, 0.05) is 7.05 Å². The molecule has 4 nitrogen and oxygen atoms in total. The second-order valence-electron chi connectivity index (χ2n) is 1.61. The van der Waals surface area contributed by atoms with Crippen LogP contribution in [0.15, 0.2) is 14.6 Å². The Morgan fingerprint density at radius 3 is 2.82 bits per heavy atom. The number of aromatic hydroxyl groups is 1. The Labute approximate surface area is 72.4 Å². The van der Waals surface area contributed by atoms with E-state index in [0.717, 1.165) is 4.34 Å². The summed E-state index contributed by atoms with van der Waals surface area (Å²) < 4.78 is 0.796. The van der Waals surface area contributed by atoms with E-state index in [0.29, 0.717) is 5.82 Å². The molecule has 60 valence electrons. The first-order chi connectivity index (χ1) is 5.27. The summed E-state index contributed by atoms with van der Waals surface area (Å²) in [4.78, 5) is 3.99. The van der Waals surface area contributed by atoms with Crippen LogP contribution in [-0.4, -0.2) is 23.4 Å². The maximum Gasteiger partial charge on any atom is 0.229 e. The van der Waals surface area contributed by atoms with Crippen LogP contribution in [-0.2, 0) is 0 Å². The van der Waals surface area contributed by atoms with Gasteiger partial charge >= 0.3 is 0 Å². The first kappa shape index (κ1) is 8.48. The van der Waals surface area contributed by atoms with Crippen molar-refractivity contribution >= 4 is 28.9 Å². The van der Waals surface area contributed by atoms with E-state index in [1.54, 1.807) is 0 Å². The van der Waals surface area contributed by atoms with Crippen LogP contribution in [0.25, 0.3) is 0 Å². The molecule has 0 spiro atoms. The topological polar surface area (TPSA) is 57.8 Å². The van der Waals surface area contributed by atoms with Crippen LogP contribution in [0.4, 0.5) is 5.82 Å². The summed E-state index contributed by atoms with van der Waals surface area (Å²) in [6.45, 7) is 0. The highest BCUT2D eigenvalue weighted by Gasteiger charge is 2.07. The van der Waals surface area contributed by atoms with E-state index in [1.807, 2.05) is 6.26 Å². The summed E-state index contributed by atoms with van der Waals surface area (Å²) in [6, 6.07) is 0. The molecule has 0 amide bonds. The summed E-state index contributed by atoms with van der Waals surface area (Å²) in [5.74, 6) is 0.307. The number of hydrogen-bond acceptors (Lipinski definition) is 6. The maximum atomic E-state index is 9.18. The summed E-state index contributed by atoms with van der Waals surface area (Å²) in [5, 5.41) is 16.5. The molecule has 0 aliphatic heterocycles. The number of rotatable bonds is 2. The number of thioether (sulfide) groups is 1. The highest BCUT2D eigenvalue weighted by atomic mass is 32.2. The van der Waals surface area contributed by atoms with E-state index in [2.05, 4.69) is 15.2 Å². The van der Waals surface area contributed by atoms with E-state index >= 15 is 0 Å². The van der Waals surface area contributed by atoms with Crippen LogP contribution in [0.5, 0.6) is 5.06 Å². The first-order valence-electron chi connectivity index (χ1n) is 2.81. The molecule has 0 atom stereocenters. The molecule has 0 saturated heterocycles. The maximum absolute atomic E-state index is 9.18. The Kier molecular flexibility index (Phi) is 2.84. The van der Waals surface area contributed by atoms with Crippen LogP contribution in [0.2, 0.25) is 0 Å². The van der Waals surface area contributed by atoms with Gasteiger partial charge in [-0.1, -0.05) is 23.1 Å². The second-order valence-corrected chi connectivity index (χ2v) is 3.64. The highest BCUT2D eigenvalue weighted by Crippen LogP contribution is 2.36. The lowest BCUT2D eigenvalue weighted by atomic mass is 10.8. The number of thiazole rings is 1. The van der Waals surface area contributed by atoms with Crippen molar-refractivity contribution in [3.05, 3.63) is 0 Å². The predicted molar refractivity (Wildman–Crippen MR) is 46.0 cm³/mol. The monoisotopic (exact) mass is 189 g/mol. The lowest BCUT2D eigenvalue weighted by Gasteiger charge is -1.80. The molecule has 0 bridgehead atoms. The molecule has 1 rings (SSSR count). The van der Waals surface area contributed by atoms with Crippen molar-refractivity contribution < 1.29 is 5.11 Å². The standard InChI is InChI=1S/C5H7N3OS2/c1-6-8-3-4(9)11-5(7-3)10-2/h9H,1-2H3. The molecule has 1 N–H and O–H groups in total. The van der Waals surface area contributed by atoms with E-state index < -0.39 is 0 Å². The molecule has 1 aromatic heterocycles. The molecule has 0 unspecified atom stereocenters. The minimum Gasteiger partial charge on any atom is -0.497 e. The molecule has 0 aliphatic rings. The van der Waals surface area contributed by atoms with Crippen molar-refractivity contribution in [2.24, 2.45) is 10.2 Å². The molecule has 0 radical (unpaired) electrons. The fraction of sp³-hybridized carbons (Fsp3) is 0.400. The van der Waals surface area contributed by atoms with E-state index in [4.69, 9.17) is 0 Å². The molecule has 1 aromatic rings. The van der Waals surface area contributed by atoms with Gasteiger partial charge in [-0.15, -0.1) is 5.11 Å². The third-order valence-electron chi connectivity index (χ3n) is 0.942. The van der Waals surface area contributed by atoms with Gasteiger partial charge in [0.05, 0.1) is 0 Å². The Bertz CT molecular complexity index is 271. The fourth-order valence-electron chi connectivity index (χ4n) is 0.533. The minimum atomic E-state index is 0.125. The average molecular weight is 189 g/mol. The smallest absolute Gasteiger partial charge is 0.229 e. The van der Waals surface area contributed by atoms with Crippen LogP contribution in [0, 0.1) is 0 Å². The van der Waals surface area contributed by atoms with Crippen LogP contribution in [0.3, 0.4) is 0 Å². The predicted octanol–water partition coefficient (Wildman–Crippen LogP) is 2.28. The largest absolute Gasteiger partial charge is 0.497 e. The third-order valence-corrected chi connectivity index (χ3v) is 2.77. The number of hydrogen-bond donors (Lipinski definition) is 1. The summed E-state index contributed by atoms with van der Waals surface area (Å²) in [5.41, 5.74) is 0. The van der Waals surface area contributed by atoms with Gasteiger partial charge in [0.2, 0.25) is 10.9 Å². The van der Waals surface area contributed by atoms with Gasteiger partial charge in [0.25, 0.3) is 0 Å². The SMILES string of the molecule is CN=Nc1nc(SC)sc1O. The van der Waals surface area contributed by atoms with Crippen molar-refractivity contribution in [1.82, 2.24) is 4.98 Å². The molecular weight excluding hydrogens is 182 g/mol. The van der Waals surface area contributed by atoms with Gasteiger partial charge in [0.1, 0.15) is 0 Å². The van der Waals surface area contributed by atoms with Crippen LogP contribution < -0.4 is 0 Å². The average Bonchev–Trinajstić information content (AvgIpc) is 2.33. The van der Waals surface area contributed by atoms with E-state index in [-0.39, 0.29) is 5.06 Å². The zero-order chi connectivity index (χ0) is 8.27. The van der Waals surface area contributed by atoms with E-state index in [1.165, 1.54) is 30.1 Å². The van der Waals surface area contributed by atoms with Crippen molar-refractivity contribution in [1.29, 1.82) is 0 Å². The molecule has 11 heavy (non-hydrogen) atoms. The zero-order valence-electron chi connectivity index (χ0n) is 6.11. The first-order valence-corrected chi connectivity index (χ1v) is 4.85. The lowest BCUT2D eigenvalue weighted by Crippen LogP contribution is -1.64. The molecule has 0 aliphatic carbocycles. The number of aromatic nitrogens is 1. The molecule has 0 saturated carbocycles. The normalized spacial score (nSPS) is 11.1. The molecule has 6 heteroatoms. The molecular formula is C5H7N3OS2. The summed E-state index contributed by atoms with van der Waals surface area (Å²) in [7, 11) is 1.54. The van der Waals surface area contributed by atoms with Gasteiger partial charge in [-0.3, -0.25) is 0 Å². The van der Waals surface area contributed by atoms with Gasteiger partial charge in [-0.25, -0.2) is 4.98 Å². The Morgan fingerprint density at radius 2 is 2.36 bits per heavy atom. The van der Waals surface area contributed by atoms with E-state index in [9.17, 15) is 5.11 Å². The minimum absolute atomic E-state index is 0.125. The number of nitrogens with zero attached hydrogens (tertiary/aromatic N) is 3. The van der Waals surface area contributed by atoms with Crippen LogP contribution in [0.1, 0.15) is 0 Å². The van der Waals surface area contributed by atoms with Crippen LogP contribution >= 0.6 is 23.1 Å². The lowest BCUT2D eigenvalue weighted by molar-refractivity contribution is 0.490. The zero-order valence-corrected chi connectivity index (χ0v) is 7.74. The highest BCUT2D eigenvalue weighted by molar-refractivity contribution is 8.00. The molecule has 0 aromatic carbocycles. The summed E-state index contributed by atoms with van der Waals surface area (Å²) >= 11 is 2.68. The Hall–Kier alpha value is -0.620. The van der Waals surface area contributed by atoms with Crippen molar-refractivity contribution in [2.45, 2.75) is 4.34 Å². The third kappa shape index (κ3) is 1.90. The second kappa shape index (κ2) is 3.68. The van der Waals surface area contributed by atoms with Crippen molar-refractivity contribution in [3.63, 3.8) is 0 Å². The quantitative estimate of drug-likeness (QED) is 0.573. The van der Waals surface area contributed by atoms with Gasteiger partial charge in [-0.2, -0.15) is 5.11 Å². The number of azo groups is 1. The van der Waals surface area contributed by atoms with Gasteiger partial charge < -0.3 is 5.11 Å². The van der Waals surface area contributed by atoms with Gasteiger partial charge in [-0.05, 0) is 6.26 Å². The Balaban J connectivity index is 2.97. The van der Waals surface area contributed by atoms with Gasteiger partial charge in [0.15, 0.2) is 4.34 Å².